The molecule has 44 heavy (non-hydrogen) atoms. The molecule has 236 valence electrons. The van der Waals surface area contributed by atoms with Crippen molar-refractivity contribution < 1.29 is 23.9 Å². The Hall–Kier alpha value is -4.45. The fraction of sp³-hybridized carbons (Fsp3) is 0.364. The molecule has 0 fully saturated rings. The van der Waals surface area contributed by atoms with Crippen molar-refractivity contribution in [2.45, 2.75) is 44.5 Å². The smallest absolute Gasteiger partial charge is 0.242 e. The third-order valence-corrected chi connectivity index (χ3v) is 7.01. The van der Waals surface area contributed by atoms with Crippen LogP contribution in [0.15, 0.2) is 78.9 Å². The van der Waals surface area contributed by atoms with Crippen LogP contribution in [0.3, 0.4) is 0 Å². The highest BCUT2D eigenvalue weighted by atomic mass is 16.5. The number of nitrogens with two attached hydrogens (primary N) is 3. The lowest BCUT2D eigenvalue weighted by Crippen LogP contribution is -2.53. The molecule has 0 heterocycles. The minimum atomic E-state index is -1.14. The van der Waals surface area contributed by atoms with Gasteiger partial charge in [0.2, 0.25) is 17.7 Å². The van der Waals surface area contributed by atoms with E-state index in [4.69, 9.17) is 26.7 Å². The van der Waals surface area contributed by atoms with Crippen LogP contribution in [0, 0.1) is 0 Å². The second-order valence-electron chi connectivity index (χ2n) is 10.3. The summed E-state index contributed by atoms with van der Waals surface area (Å²) in [4.78, 5) is 40.5. The molecule has 0 aliphatic heterocycles. The first-order valence-corrected chi connectivity index (χ1v) is 14.7. The van der Waals surface area contributed by atoms with E-state index in [-0.39, 0.29) is 37.9 Å². The topological polar surface area (TPSA) is 175 Å². The van der Waals surface area contributed by atoms with Gasteiger partial charge in [-0.1, -0.05) is 66.7 Å². The zero-order valence-electron chi connectivity index (χ0n) is 25.2. The van der Waals surface area contributed by atoms with E-state index in [1.807, 2.05) is 66.7 Å². The van der Waals surface area contributed by atoms with Crippen molar-refractivity contribution in [2.75, 3.05) is 33.3 Å². The van der Waals surface area contributed by atoms with Gasteiger partial charge in [0, 0.05) is 32.7 Å². The van der Waals surface area contributed by atoms with Gasteiger partial charge in [-0.25, -0.2) is 0 Å². The van der Waals surface area contributed by atoms with Gasteiger partial charge < -0.3 is 42.2 Å². The molecule has 0 bridgehead atoms. The van der Waals surface area contributed by atoms with Crippen LogP contribution in [-0.4, -0.2) is 68.0 Å². The van der Waals surface area contributed by atoms with Crippen molar-refractivity contribution in [1.82, 2.24) is 15.5 Å². The molecular formula is C33H44N6O5. The van der Waals surface area contributed by atoms with Crippen LogP contribution in [0.1, 0.15) is 29.5 Å². The van der Waals surface area contributed by atoms with Gasteiger partial charge in [-0.2, -0.15) is 0 Å². The molecule has 8 N–H and O–H groups in total. The summed E-state index contributed by atoms with van der Waals surface area (Å²) in [6.45, 7) is 1.76. The summed E-state index contributed by atoms with van der Waals surface area (Å²) in [5.74, 6) is -0.160. The molecular weight excluding hydrogens is 560 g/mol. The van der Waals surface area contributed by atoms with Gasteiger partial charge in [0.25, 0.3) is 0 Å². The van der Waals surface area contributed by atoms with Gasteiger partial charge in [0.15, 0.2) is 11.5 Å². The van der Waals surface area contributed by atoms with E-state index in [0.29, 0.717) is 44.0 Å². The van der Waals surface area contributed by atoms with Crippen LogP contribution in [0.5, 0.6) is 11.5 Å². The maximum atomic E-state index is 13.4. The Labute approximate surface area is 259 Å². The van der Waals surface area contributed by atoms with Crippen LogP contribution in [0.4, 0.5) is 0 Å². The predicted octanol–water partition coefficient (Wildman–Crippen LogP) is 1.47. The van der Waals surface area contributed by atoms with Gasteiger partial charge >= 0.3 is 0 Å². The molecule has 3 rings (SSSR count). The number of amides is 3. The number of hydrogen-bond donors (Lipinski definition) is 5. The van der Waals surface area contributed by atoms with Gasteiger partial charge in [0.05, 0.1) is 19.6 Å². The van der Waals surface area contributed by atoms with Crippen LogP contribution in [0.25, 0.3) is 0 Å². The molecule has 2 atom stereocenters. The molecule has 11 heteroatoms. The van der Waals surface area contributed by atoms with Crippen molar-refractivity contribution in [3.05, 3.63) is 95.6 Å². The van der Waals surface area contributed by atoms with E-state index in [1.54, 1.807) is 19.2 Å². The third kappa shape index (κ3) is 11.0. The lowest BCUT2D eigenvalue weighted by Gasteiger charge is -2.24. The lowest BCUT2D eigenvalue weighted by molar-refractivity contribution is -0.135. The summed E-state index contributed by atoms with van der Waals surface area (Å²) >= 11 is 0. The highest BCUT2D eigenvalue weighted by Gasteiger charge is 2.26. The molecule has 0 aromatic heterocycles. The van der Waals surface area contributed by atoms with Gasteiger partial charge in [-0.15, -0.1) is 0 Å². The van der Waals surface area contributed by atoms with Gasteiger partial charge in [-0.05, 0) is 41.7 Å². The van der Waals surface area contributed by atoms with E-state index in [0.717, 1.165) is 16.7 Å². The Bertz CT molecular complexity index is 1320. The highest BCUT2D eigenvalue weighted by molar-refractivity contribution is 5.92. The van der Waals surface area contributed by atoms with Crippen LogP contribution in [0.2, 0.25) is 0 Å². The van der Waals surface area contributed by atoms with Crippen LogP contribution >= 0.6 is 0 Å². The number of aryl methyl sites for hydroxylation is 1. The molecule has 0 spiro atoms. The van der Waals surface area contributed by atoms with E-state index in [1.165, 1.54) is 4.90 Å². The first kappa shape index (κ1) is 34.0. The maximum Gasteiger partial charge on any atom is 0.242 e. The molecule has 11 nitrogen and oxygen atoms in total. The van der Waals surface area contributed by atoms with Crippen molar-refractivity contribution in [3.63, 3.8) is 0 Å². The number of carbonyl (C=O) groups excluding carboxylic acids is 3. The number of rotatable bonds is 18. The Morgan fingerprint density at radius 2 is 1.45 bits per heavy atom. The summed E-state index contributed by atoms with van der Waals surface area (Å²) < 4.78 is 11.5. The average molecular weight is 605 g/mol. The standard InChI is InChI=1S/C33H44N6O5/c1-43-30-20-26(13-15-29(30)44-23-25-10-6-3-7-11-25)22-37-33(42)28(14-12-24-8-4-2-5-9-24)38-32(41)27(36)21-31(40)39(18-16-34)19-17-35/h2-11,13,15,20,27-28H,12,14,16-19,21-23,34-36H2,1H3,(H,37,42)(H,38,41). The molecule has 0 saturated heterocycles. The maximum absolute atomic E-state index is 13.4. The number of ether oxygens (including phenoxy) is 2. The SMILES string of the molecule is COc1cc(CNC(=O)C(CCc2ccccc2)NC(=O)C(N)CC(=O)N(CCN)CCN)ccc1OCc1ccccc1. The lowest BCUT2D eigenvalue weighted by atomic mass is 10.0. The number of nitrogens with zero attached hydrogens (tertiary/aromatic N) is 1. The quantitative estimate of drug-likeness (QED) is 0.145. The number of methoxy groups -OCH3 is 1. The zero-order valence-corrected chi connectivity index (χ0v) is 25.2. The van der Waals surface area contributed by atoms with E-state index < -0.39 is 18.0 Å². The number of hydrogen-bond acceptors (Lipinski definition) is 8. The molecule has 3 aromatic rings. The normalized spacial score (nSPS) is 12.1. The largest absolute Gasteiger partial charge is 0.493 e. The summed E-state index contributed by atoms with van der Waals surface area (Å²) in [7, 11) is 1.56. The van der Waals surface area contributed by atoms with Gasteiger partial charge in [0.1, 0.15) is 12.6 Å². The number of carbonyl (C=O) groups is 3. The molecule has 0 aliphatic carbocycles. The monoisotopic (exact) mass is 604 g/mol. The van der Waals surface area contributed by atoms with Crippen molar-refractivity contribution in [1.29, 1.82) is 0 Å². The second-order valence-corrected chi connectivity index (χ2v) is 10.3. The molecule has 2 unspecified atom stereocenters. The summed E-state index contributed by atoms with van der Waals surface area (Å²) in [6, 6.07) is 22.9. The number of nitrogens with one attached hydrogen (secondary N) is 2. The van der Waals surface area contributed by atoms with Crippen molar-refractivity contribution in [3.8, 4) is 11.5 Å². The van der Waals surface area contributed by atoms with Crippen molar-refractivity contribution in [2.24, 2.45) is 17.2 Å². The minimum absolute atomic E-state index is 0.198. The van der Waals surface area contributed by atoms with Gasteiger partial charge in [-0.3, -0.25) is 14.4 Å². The molecule has 3 aromatic carbocycles. The molecule has 3 amide bonds. The predicted molar refractivity (Wildman–Crippen MR) is 170 cm³/mol. The molecule has 0 aliphatic rings. The minimum Gasteiger partial charge on any atom is -0.493 e. The Balaban J connectivity index is 1.64. The first-order chi connectivity index (χ1) is 21.3. The third-order valence-electron chi connectivity index (χ3n) is 7.01. The molecule has 0 radical (unpaired) electrons. The van der Waals surface area contributed by atoms with E-state index in [9.17, 15) is 14.4 Å². The Morgan fingerprint density at radius 3 is 2.07 bits per heavy atom. The fourth-order valence-electron chi connectivity index (χ4n) is 4.57. The van der Waals surface area contributed by atoms with E-state index in [2.05, 4.69) is 10.6 Å². The zero-order chi connectivity index (χ0) is 31.7. The van der Waals surface area contributed by atoms with Crippen molar-refractivity contribution >= 4 is 17.7 Å². The second kappa shape index (κ2) is 18.3. The van der Waals surface area contributed by atoms with Crippen LogP contribution in [-0.2, 0) is 34.0 Å². The first-order valence-electron chi connectivity index (χ1n) is 14.7. The van der Waals surface area contributed by atoms with E-state index >= 15 is 0 Å². The highest BCUT2D eigenvalue weighted by Crippen LogP contribution is 2.29. The number of benzene rings is 3. The summed E-state index contributed by atoms with van der Waals surface area (Å²) in [5, 5.41) is 5.66. The fourth-order valence-corrected chi connectivity index (χ4v) is 4.57. The average Bonchev–Trinajstić information content (AvgIpc) is 3.05. The molecule has 0 saturated carbocycles. The Kier molecular flexibility index (Phi) is 14.1. The summed E-state index contributed by atoms with van der Waals surface area (Å²) in [6.07, 6.45) is 0.664. The summed E-state index contributed by atoms with van der Waals surface area (Å²) in [5.41, 5.74) is 20.1. The Morgan fingerprint density at radius 1 is 0.818 bits per heavy atom. The van der Waals surface area contributed by atoms with Crippen LogP contribution < -0.4 is 37.3 Å².